The summed E-state index contributed by atoms with van der Waals surface area (Å²) in [5.41, 5.74) is 6.60. The van der Waals surface area contributed by atoms with Crippen LogP contribution in [-0.2, 0) is 13.6 Å². The highest BCUT2D eigenvalue weighted by Gasteiger charge is 2.13. The van der Waals surface area contributed by atoms with Gasteiger partial charge in [0.05, 0.1) is 28.7 Å². The minimum atomic E-state index is 0.821. The second-order valence-electron chi connectivity index (χ2n) is 4.71. The van der Waals surface area contributed by atoms with Gasteiger partial charge in [-0.05, 0) is 31.7 Å². The molecule has 2 N–H and O–H groups in total. The van der Waals surface area contributed by atoms with Gasteiger partial charge in [-0.1, -0.05) is 6.07 Å². The molecule has 0 spiro atoms. The van der Waals surface area contributed by atoms with Crippen molar-refractivity contribution in [3.8, 4) is 11.3 Å². The second-order valence-corrected chi connectivity index (χ2v) is 4.71. The summed E-state index contributed by atoms with van der Waals surface area (Å²) in [5, 5.41) is 7.81. The van der Waals surface area contributed by atoms with Crippen LogP contribution in [0.4, 0.5) is 0 Å². The van der Waals surface area contributed by atoms with Crippen molar-refractivity contribution in [3.05, 3.63) is 35.8 Å². The Bertz CT molecular complexity index is 723. The van der Waals surface area contributed by atoms with Crippen LogP contribution in [0.2, 0.25) is 0 Å². The summed E-state index contributed by atoms with van der Waals surface area (Å²) in [6, 6.07) is 6.19. The van der Waals surface area contributed by atoms with Crippen molar-refractivity contribution in [2.24, 2.45) is 7.05 Å². The van der Waals surface area contributed by atoms with E-state index in [1.807, 2.05) is 24.8 Å². The molecule has 3 aromatic rings. The lowest BCUT2D eigenvalue weighted by Gasteiger charge is -2.01. The molecule has 3 rings (SSSR count). The highest BCUT2D eigenvalue weighted by molar-refractivity contribution is 5.81. The van der Waals surface area contributed by atoms with Gasteiger partial charge >= 0.3 is 0 Å². The lowest BCUT2D eigenvalue weighted by molar-refractivity contribution is 0.671. The maximum absolute atomic E-state index is 4.63. The molecule has 0 bridgehead atoms. The lowest BCUT2D eigenvalue weighted by atomic mass is 10.1. The van der Waals surface area contributed by atoms with Crippen LogP contribution in [0.3, 0.4) is 0 Å². The molecule has 1 aromatic carbocycles. The third kappa shape index (κ3) is 1.92. The van der Waals surface area contributed by atoms with Crippen molar-refractivity contribution in [3.63, 3.8) is 0 Å². The van der Waals surface area contributed by atoms with E-state index in [1.165, 1.54) is 11.3 Å². The molecule has 0 unspecified atom stereocenters. The monoisotopic (exact) mass is 255 g/mol. The zero-order valence-electron chi connectivity index (χ0n) is 11.4. The molecule has 5 nitrogen and oxygen atoms in total. The number of nitrogens with zero attached hydrogens (tertiary/aromatic N) is 3. The second kappa shape index (κ2) is 4.51. The van der Waals surface area contributed by atoms with E-state index in [4.69, 9.17) is 0 Å². The Morgan fingerprint density at radius 1 is 1.37 bits per heavy atom. The highest BCUT2D eigenvalue weighted by Crippen LogP contribution is 2.26. The largest absolute Gasteiger partial charge is 0.345 e. The Kier molecular flexibility index (Phi) is 2.83. The predicted molar refractivity (Wildman–Crippen MR) is 75.8 cm³/mol. The standard InChI is InChI=1S/C14H17N5/c1-9-13(7-15-2)19(3)18-14(9)10-4-5-11-12(6-10)17-8-16-11/h4-6,8,15H,7H2,1-3H3,(H,16,17). The lowest BCUT2D eigenvalue weighted by Crippen LogP contribution is -2.10. The molecule has 2 heterocycles. The van der Waals surface area contributed by atoms with Gasteiger partial charge in [-0.15, -0.1) is 0 Å². The first-order valence-electron chi connectivity index (χ1n) is 6.31. The number of aryl methyl sites for hydroxylation is 1. The van der Waals surface area contributed by atoms with Crippen molar-refractivity contribution in [1.82, 2.24) is 25.1 Å². The summed E-state index contributed by atoms with van der Waals surface area (Å²) in [7, 11) is 3.93. The number of fused-ring (bicyclic) bond motifs is 1. The first kappa shape index (κ1) is 11.9. The number of hydrogen-bond acceptors (Lipinski definition) is 3. The number of benzene rings is 1. The number of aromatic amines is 1. The predicted octanol–water partition coefficient (Wildman–Crippen LogP) is 1.99. The normalized spacial score (nSPS) is 11.3. The molecular formula is C14H17N5. The maximum atomic E-state index is 4.63. The molecule has 0 fully saturated rings. The molecule has 19 heavy (non-hydrogen) atoms. The molecule has 0 saturated heterocycles. The average molecular weight is 255 g/mol. The van der Waals surface area contributed by atoms with Crippen LogP contribution in [0.1, 0.15) is 11.3 Å². The first-order valence-corrected chi connectivity index (χ1v) is 6.31. The van der Waals surface area contributed by atoms with Gasteiger partial charge in [-0.3, -0.25) is 4.68 Å². The Hall–Kier alpha value is -2.14. The average Bonchev–Trinajstić information content (AvgIpc) is 2.97. The summed E-state index contributed by atoms with van der Waals surface area (Å²) in [5.74, 6) is 0. The van der Waals surface area contributed by atoms with Crippen LogP contribution < -0.4 is 5.32 Å². The zero-order valence-corrected chi connectivity index (χ0v) is 11.4. The molecule has 0 radical (unpaired) electrons. The first-order chi connectivity index (χ1) is 9.20. The van der Waals surface area contributed by atoms with E-state index in [2.05, 4.69) is 39.4 Å². The molecule has 0 aliphatic rings. The molecule has 2 aromatic heterocycles. The minimum absolute atomic E-state index is 0.821. The minimum Gasteiger partial charge on any atom is -0.345 e. The van der Waals surface area contributed by atoms with E-state index in [9.17, 15) is 0 Å². The summed E-state index contributed by atoms with van der Waals surface area (Å²) in [6.45, 7) is 2.94. The van der Waals surface area contributed by atoms with Crippen LogP contribution in [0.25, 0.3) is 22.3 Å². The van der Waals surface area contributed by atoms with Crippen LogP contribution in [0, 0.1) is 6.92 Å². The van der Waals surface area contributed by atoms with Gasteiger partial charge in [0.2, 0.25) is 0 Å². The van der Waals surface area contributed by atoms with Gasteiger partial charge in [0, 0.05) is 19.2 Å². The van der Waals surface area contributed by atoms with Crippen LogP contribution in [-0.4, -0.2) is 26.8 Å². The van der Waals surface area contributed by atoms with E-state index >= 15 is 0 Å². The van der Waals surface area contributed by atoms with E-state index in [-0.39, 0.29) is 0 Å². The van der Waals surface area contributed by atoms with Crippen LogP contribution in [0.15, 0.2) is 24.5 Å². The number of hydrogen-bond donors (Lipinski definition) is 2. The number of imidazole rings is 1. The third-order valence-corrected chi connectivity index (χ3v) is 3.47. The summed E-state index contributed by atoms with van der Waals surface area (Å²) in [6.07, 6.45) is 1.71. The molecule has 0 saturated carbocycles. The summed E-state index contributed by atoms with van der Waals surface area (Å²) in [4.78, 5) is 7.37. The fourth-order valence-electron chi connectivity index (χ4n) is 2.44. The third-order valence-electron chi connectivity index (χ3n) is 3.47. The molecule has 0 amide bonds. The topological polar surface area (TPSA) is 58.5 Å². The summed E-state index contributed by atoms with van der Waals surface area (Å²) < 4.78 is 1.94. The fourth-order valence-corrected chi connectivity index (χ4v) is 2.44. The van der Waals surface area contributed by atoms with E-state index in [1.54, 1.807) is 6.33 Å². The molecule has 0 atom stereocenters. The van der Waals surface area contributed by atoms with Crippen molar-refractivity contribution < 1.29 is 0 Å². The van der Waals surface area contributed by atoms with Gasteiger partial charge in [-0.2, -0.15) is 5.10 Å². The Morgan fingerprint density at radius 3 is 3.00 bits per heavy atom. The number of nitrogens with one attached hydrogen (secondary N) is 2. The number of aromatic nitrogens is 4. The zero-order chi connectivity index (χ0) is 13.4. The Balaban J connectivity index is 2.12. The molecular weight excluding hydrogens is 238 g/mol. The van der Waals surface area contributed by atoms with Crippen molar-refractivity contribution >= 4 is 11.0 Å². The van der Waals surface area contributed by atoms with Crippen molar-refractivity contribution in [2.45, 2.75) is 13.5 Å². The number of H-pyrrole nitrogens is 1. The SMILES string of the molecule is CNCc1c(C)c(-c2ccc3nc[nH]c3c2)nn1C. The molecule has 5 heteroatoms. The van der Waals surface area contributed by atoms with Crippen LogP contribution in [0.5, 0.6) is 0 Å². The van der Waals surface area contributed by atoms with Crippen molar-refractivity contribution in [1.29, 1.82) is 0 Å². The van der Waals surface area contributed by atoms with E-state index in [0.29, 0.717) is 0 Å². The highest BCUT2D eigenvalue weighted by atomic mass is 15.3. The van der Waals surface area contributed by atoms with Crippen LogP contribution >= 0.6 is 0 Å². The Morgan fingerprint density at radius 2 is 2.21 bits per heavy atom. The van der Waals surface area contributed by atoms with E-state index in [0.717, 1.165) is 28.8 Å². The number of rotatable bonds is 3. The molecule has 98 valence electrons. The quantitative estimate of drug-likeness (QED) is 0.752. The fraction of sp³-hybridized carbons (Fsp3) is 0.286. The van der Waals surface area contributed by atoms with Gasteiger partial charge < -0.3 is 10.3 Å². The van der Waals surface area contributed by atoms with Gasteiger partial charge in [-0.25, -0.2) is 4.98 Å². The molecule has 0 aliphatic heterocycles. The molecule has 0 aliphatic carbocycles. The summed E-state index contributed by atoms with van der Waals surface area (Å²) >= 11 is 0. The Labute approximate surface area is 111 Å². The van der Waals surface area contributed by atoms with Gasteiger partial charge in [0.15, 0.2) is 0 Å². The van der Waals surface area contributed by atoms with Gasteiger partial charge in [0.1, 0.15) is 0 Å². The van der Waals surface area contributed by atoms with Gasteiger partial charge in [0.25, 0.3) is 0 Å². The smallest absolute Gasteiger partial charge is 0.0956 e. The van der Waals surface area contributed by atoms with Crippen molar-refractivity contribution in [2.75, 3.05) is 7.05 Å². The maximum Gasteiger partial charge on any atom is 0.0956 e. The van der Waals surface area contributed by atoms with E-state index < -0.39 is 0 Å².